The number of rotatable bonds is 4. The van der Waals surface area contributed by atoms with Crippen LogP contribution in [0.4, 0.5) is 5.69 Å². The second-order valence-electron chi connectivity index (χ2n) is 4.30. The molecule has 2 aromatic carbocycles. The number of methoxy groups -OCH3 is 1. The molecule has 0 fully saturated rings. The molecular weight excluding hydrogens is 332 g/mol. The van der Waals surface area contributed by atoms with Crippen molar-refractivity contribution in [1.82, 2.24) is 0 Å². The van der Waals surface area contributed by atoms with E-state index >= 15 is 0 Å². The van der Waals surface area contributed by atoms with E-state index in [1.165, 1.54) is 7.11 Å². The fraction of sp³-hybridized carbons (Fsp3) is 0.125. The first-order valence-corrected chi connectivity index (χ1v) is 7.04. The Hall–Kier alpha value is -2.32. The van der Waals surface area contributed by atoms with Crippen LogP contribution in [0.2, 0.25) is 0 Å². The number of anilines is 1. The Morgan fingerprint density at radius 3 is 2.81 bits per heavy atom. The van der Waals surface area contributed by atoms with Crippen molar-refractivity contribution in [1.29, 1.82) is 5.26 Å². The average Bonchev–Trinajstić information content (AvgIpc) is 2.53. The largest absolute Gasteiger partial charge is 0.465 e. The minimum atomic E-state index is -0.372. The van der Waals surface area contributed by atoms with Crippen molar-refractivity contribution in [3.05, 3.63) is 63.6 Å². The van der Waals surface area contributed by atoms with Gasteiger partial charge in [0.25, 0.3) is 0 Å². The van der Waals surface area contributed by atoms with Gasteiger partial charge in [0, 0.05) is 11.0 Å². The number of ether oxygens (including phenoxy) is 1. The van der Waals surface area contributed by atoms with Crippen LogP contribution in [0.1, 0.15) is 21.5 Å². The van der Waals surface area contributed by atoms with Gasteiger partial charge in [-0.15, -0.1) is 0 Å². The molecule has 4 nitrogen and oxygen atoms in total. The number of halogens is 1. The zero-order chi connectivity index (χ0) is 15.2. The van der Waals surface area contributed by atoms with Gasteiger partial charge in [0.05, 0.1) is 23.9 Å². The third kappa shape index (κ3) is 3.61. The highest BCUT2D eigenvalue weighted by Gasteiger charge is 2.11. The maximum absolute atomic E-state index is 11.7. The molecule has 0 aromatic heterocycles. The Morgan fingerprint density at radius 2 is 2.10 bits per heavy atom. The van der Waals surface area contributed by atoms with Crippen LogP contribution < -0.4 is 5.32 Å². The molecule has 0 spiro atoms. The maximum Gasteiger partial charge on any atom is 0.338 e. The van der Waals surface area contributed by atoms with Crippen LogP contribution in [0, 0.1) is 11.3 Å². The summed E-state index contributed by atoms with van der Waals surface area (Å²) in [7, 11) is 1.36. The molecule has 0 heterocycles. The highest BCUT2D eigenvalue weighted by molar-refractivity contribution is 9.10. The summed E-state index contributed by atoms with van der Waals surface area (Å²) in [6.07, 6.45) is 0. The molecule has 0 saturated carbocycles. The zero-order valence-corrected chi connectivity index (χ0v) is 13.0. The lowest BCUT2D eigenvalue weighted by Gasteiger charge is -2.11. The molecule has 2 aromatic rings. The number of carbonyl (C=O) groups is 1. The fourth-order valence-electron chi connectivity index (χ4n) is 1.94. The van der Waals surface area contributed by atoms with Gasteiger partial charge in [0.1, 0.15) is 6.07 Å². The van der Waals surface area contributed by atoms with Gasteiger partial charge in [-0.1, -0.05) is 34.1 Å². The van der Waals surface area contributed by atoms with Gasteiger partial charge in [-0.2, -0.15) is 5.26 Å². The molecule has 0 amide bonds. The normalized spacial score (nSPS) is 9.76. The minimum Gasteiger partial charge on any atom is -0.465 e. The zero-order valence-electron chi connectivity index (χ0n) is 11.4. The van der Waals surface area contributed by atoms with Crippen molar-refractivity contribution in [2.45, 2.75) is 6.54 Å². The number of hydrogen-bond acceptors (Lipinski definition) is 4. The summed E-state index contributed by atoms with van der Waals surface area (Å²) >= 11 is 3.33. The van der Waals surface area contributed by atoms with Gasteiger partial charge in [-0.3, -0.25) is 0 Å². The van der Waals surface area contributed by atoms with E-state index in [0.717, 1.165) is 15.7 Å². The van der Waals surface area contributed by atoms with Gasteiger partial charge < -0.3 is 10.1 Å². The van der Waals surface area contributed by atoms with E-state index in [2.05, 4.69) is 27.3 Å². The Balaban J connectivity index is 2.22. The van der Waals surface area contributed by atoms with Crippen LogP contribution in [0.3, 0.4) is 0 Å². The van der Waals surface area contributed by atoms with Gasteiger partial charge in [0.15, 0.2) is 0 Å². The third-order valence-corrected chi connectivity index (χ3v) is 3.49. The minimum absolute atomic E-state index is 0.372. The van der Waals surface area contributed by atoms with Crippen LogP contribution in [0.15, 0.2) is 46.9 Å². The molecule has 2 rings (SSSR count). The molecule has 5 heteroatoms. The topological polar surface area (TPSA) is 62.1 Å². The molecule has 0 unspecified atom stereocenters. The molecule has 0 aliphatic rings. The first-order valence-electron chi connectivity index (χ1n) is 6.25. The lowest BCUT2D eigenvalue weighted by molar-refractivity contribution is 0.0599. The van der Waals surface area contributed by atoms with Crippen LogP contribution in [0.5, 0.6) is 0 Å². The summed E-state index contributed by atoms with van der Waals surface area (Å²) in [4.78, 5) is 11.7. The molecule has 0 aliphatic heterocycles. The molecule has 106 valence electrons. The highest BCUT2D eigenvalue weighted by Crippen LogP contribution is 2.21. The SMILES string of the molecule is COC(=O)c1ccccc1CNc1ccc(Br)cc1C#N. The van der Waals surface area contributed by atoms with Crippen LogP contribution in [-0.4, -0.2) is 13.1 Å². The van der Waals surface area contributed by atoms with Crippen molar-refractivity contribution in [2.24, 2.45) is 0 Å². The predicted octanol–water partition coefficient (Wildman–Crippen LogP) is 3.72. The Kier molecular flexibility index (Phi) is 4.96. The lowest BCUT2D eigenvalue weighted by Crippen LogP contribution is -2.09. The van der Waals surface area contributed by atoms with E-state index in [-0.39, 0.29) is 5.97 Å². The molecule has 0 radical (unpaired) electrons. The predicted molar refractivity (Wildman–Crippen MR) is 84.0 cm³/mol. The summed E-state index contributed by atoms with van der Waals surface area (Å²) in [5.74, 6) is -0.372. The van der Waals surface area contributed by atoms with Crippen LogP contribution in [-0.2, 0) is 11.3 Å². The molecule has 1 N–H and O–H groups in total. The van der Waals surface area contributed by atoms with Crippen molar-refractivity contribution < 1.29 is 9.53 Å². The van der Waals surface area contributed by atoms with E-state index in [9.17, 15) is 4.79 Å². The van der Waals surface area contributed by atoms with Gasteiger partial charge in [-0.05, 0) is 29.8 Å². The summed E-state index contributed by atoms with van der Waals surface area (Å²) in [5, 5.41) is 12.3. The number of carbonyl (C=O) groups excluding carboxylic acids is 1. The summed E-state index contributed by atoms with van der Waals surface area (Å²) in [5.41, 5.74) is 2.60. The van der Waals surface area contributed by atoms with Crippen molar-refractivity contribution in [2.75, 3.05) is 12.4 Å². The second kappa shape index (κ2) is 6.91. The maximum atomic E-state index is 11.7. The summed E-state index contributed by atoms with van der Waals surface area (Å²) in [6, 6.07) is 14.8. The molecule has 21 heavy (non-hydrogen) atoms. The second-order valence-corrected chi connectivity index (χ2v) is 5.22. The standard InChI is InChI=1S/C16H13BrN2O2/c1-21-16(20)14-5-3-2-4-11(14)10-19-15-7-6-13(17)8-12(15)9-18/h2-8,19H,10H2,1H3. The molecular formula is C16H13BrN2O2. The Bertz CT molecular complexity index is 708. The van der Waals surface area contributed by atoms with Gasteiger partial charge >= 0.3 is 5.97 Å². The number of nitrogens with zero attached hydrogens (tertiary/aromatic N) is 1. The number of hydrogen-bond donors (Lipinski definition) is 1. The monoisotopic (exact) mass is 344 g/mol. The lowest BCUT2D eigenvalue weighted by atomic mass is 10.1. The number of benzene rings is 2. The average molecular weight is 345 g/mol. The van der Waals surface area contributed by atoms with Crippen LogP contribution >= 0.6 is 15.9 Å². The number of nitrogens with one attached hydrogen (secondary N) is 1. The number of esters is 1. The van der Waals surface area contributed by atoms with E-state index in [0.29, 0.717) is 17.7 Å². The summed E-state index contributed by atoms with van der Waals surface area (Å²) < 4.78 is 5.61. The van der Waals surface area contributed by atoms with E-state index in [1.54, 1.807) is 18.2 Å². The van der Waals surface area contributed by atoms with Gasteiger partial charge in [-0.25, -0.2) is 4.79 Å². The molecule has 0 atom stereocenters. The van der Waals surface area contributed by atoms with Gasteiger partial charge in [0.2, 0.25) is 0 Å². The molecule has 0 aliphatic carbocycles. The third-order valence-electron chi connectivity index (χ3n) is 2.99. The quantitative estimate of drug-likeness (QED) is 0.858. The first kappa shape index (κ1) is 15.1. The molecule has 0 saturated heterocycles. The van der Waals surface area contributed by atoms with Crippen molar-refractivity contribution >= 4 is 27.6 Å². The van der Waals surface area contributed by atoms with Crippen LogP contribution in [0.25, 0.3) is 0 Å². The van der Waals surface area contributed by atoms with Crippen molar-refractivity contribution in [3.63, 3.8) is 0 Å². The Labute approximate surface area is 131 Å². The number of nitriles is 1. The van der Waals surface area contributed by atoms with Crippen molar-refractivity contribution in [3.8, 4) is 6.07 Å². The molecule has 0 bridgehead atoms. The first-order chi connectivity index (χ1) is 10.2. The highest BCUT2D eigenvalue weighted by atomic mass is 79.9. The smallest absolute Gasteiger partial charge is 0.338 e. The fourth-order valence-corrected chi connectivity index (χ4v) is 2.30. The van der Waals surface area contributed by atoms with E-state index < -0.39 is 0 Å². The van der Waals surface area contributed by atoms with E-state index in [1.807, 2.05) is 24.3 Å². The van der Waals surface area contributed by atoms with E-state index in [4.69, 9.17) is 10.00 Å². The summed E-state index contributed by atoms with van der Waals surface area (Å²) in [6.45, 7) is 0.432. The Morgan fingerprint density at radius 1 is 1.33 bits per heavy atom.